The molecule has 1 fully saturated rings. The zero-order valence-electron chi connectivity index (χ0n) is 8.78. The van der Waals surface area contributed by atoms with E-state index in [0.717, 1.165) is 21.1 Å². The molecule has 0 bridgehead atoms. The average Bonchev–Trinajstić information content (AvgIpc) is 2.13. The normalized spacial score (nSPS) is 16.3. The number of rotatable bonds is 1. The Balaban J connectivity index is 2.25. The van der Waals surface area contributed by atoms with Gasteiger partial charge in [-0.1, -0.05) is 22.4 Å². The second kappa shape index (κ2) is 3.70. The first kappa shape index (κ1) is 10.0. The molecule has 4 heteroatoms. The molecule has 1 aliphatic carbocycles. The molecule has 1 aromatic heterocycles. The maximum absolute atomic E-state index is 5.75. The fourth-order valence-corrected chi connectivity index (χ4v) is 2.49. The van der Waals surface area contributed by atoms with E-state index in [1.165, 1.54) is 19.3 Å². The first-order chi connectivity index (χ1) is 7.74. The Bertz CT molecular complexity index is 544. The van der Waals surface area contributed by atoms with Gasteiger partial charge in [0.2, 0.25) is 5.95 Å². The van der Waals surface area contributed by atoms with Crippen LogP contribution < -0.4 is 5.73 Å². The third kappa shape index (κ3) is 1.57. The van der Waals surface area contributed by atoms with Gasteiger partial charge in [0.05, 0.1) is 11.2 Å². The second-order valence-corrected chi connectivity index (χ2v) is 5.17. The molecule has 0 amide bonds. The molecule has 3 nitrogen and oxygen atoms in total. The molecule has 82 valence electrons. The average molecular weight is 278 g/mol. The molecule has 0 spiro atoms. The summed E-state index contributed by atoms with van der Waals surface area (Å²) >= 11 is 3.45. The van der Waals surface area contributed by atoms with Crippen molar-refractivity contribution in [3.05, 3.63) is 28.4 Å². The third-order valence-corrected chi connectivity index (χ3v) is 3.69. The van der Waals surface area contributed by atoms with E-state index in [0.29, 0.717) is 11.9 Å². The number of benzene rings is 1. The van der Waals surface area contributed by atoms with E-state index >= 15 is 0 Å². The number of halogens is 1. The molecule has 2 N–H and O–H groups in total. The van der Waals surface area contributed by atoms with Crippen LogP contribution in [-0.2, 0) is 0 Å². The monoisotopic (exact) mass is 277 g/mol. The van der Waals surface area contributed by atoms with E-state index in [9.17, 15) is 0 Å². The first-order valence-corrected chi connectivity index (χ1v) is 6.26. The zero-order valence-corrected chi connectivity index (χ0v) is 10.4. The molecule has 1 aliphatic rings. The molecule has 1 saturated carbocycles. The summed E-state index contributed by atoms with van der Waals surface area (Å²) in [6.45, 7) is 0. The minimum Gasteiger partial charge on any atom is -0.368 e. The number of nitrogens with two attached hydrogens (primary N) is 1. The van der Waals surface area contributed by atoms with Crippen molar-refractivity contribution in [3.63, 3.8) is 0 Å². The number of hydrogen-bond acceptors (Lipinski definition) is 3. The summed E-state index contributed by atoms with van der Waals surface area (Å²) in [6, 6.07) is 6.10. The van der Waals surface area contributed by atoms with Crippen molar-refractivity contribution >= 4 is 32.8 Å². The van der Waals surface area contributed by atoms with Gasteiger partial charge in [-0.2, -0.15) is 0 Å². The number of nitrogens with zero attached hydrogens (tertiary/aromatic N) is 2. The highest BCUT2D eigenvalue weighted by molar-refractivity contribution is 9.10. The number of nitrogen functional groups attached to an aromatic ring is 1. The number of fused-ring (bicyclic) bond motifs is 1. The number of hydrogen-bond donors (Lipinski definition) is 1. The van der Waals surface area contributed by atoms with Gasteiger partial charge in [0, 0.05) is 15.8 Å². The molecule has 0 atom stereocenters. The first-order valence-electron chi connectivity index (χ1n) is 5.47. The van der Waals surface area contributed by atoms with Crippen LogP contribution in [0.5, 0.6) is 0 Å². The Hall–Kier alpha value is -1.16. The van der Waals surface area contributed by atoms with Gasteiger partial charge in [-0.15, -0.1) is 0 Å². The fraction of sp³-hybridized carbons (Fsp3) is 0.333. The minimum atomic E-state index is 0.382. The van der Waals surface area contributed by atoms with Gasteiger partial charge < -0.3 is 5.73 Å². The Morgan fingerprint density at radius 1 is 1.25 bits per heavy atom. The summed E-state index contributed by atoms with van der Waals surface area (Å²) in [5.74, 6) is 0.960. The van der Waals surface area contributed by atoms with Crippen LogP contribution in [0.15, 0.2) is 22.7 Å². The lowest BCUT2D eigenvalue weighted by Gasteiger charge is -2.25. The Kier molecular flexibility index (Phi) is 2.32. The van der Waals surface area contributed by atoms with Gasteiger partial charge >= 0.3 is 0 Å². The van der Waals surface area contributed by atoms with Crippen molar-refractivity contribution < 1.29 is 0 Å². The summed E-state index contributed by atoms with van der Waals surface area (Å²) < 4.78 is 1.03. The van der Waals surface area contributed by atoms with Crippen LogP contribution in [0, 0.1) is 0 Å². The summed E-state index contributed by atoms with van der Waals surface area (Å²) in [6.07, 6.45) is 3.75. The Morgan fingerprint density at radius 2 is 2.06 bits per heavy atom. The van der Waals surface area contributed by atoms with Crippen molar-refractivity contribution in [1.82, 2.24) is 9.97 Å². The second-order valence-electron chi connectivity index (χ2n) is 4.26. The molecular formula is C12H12BrN3. The third-order valence-electron chi connectivity index (χ3n) is 3.20. The molecule has 0 saturated heterocycles. The van der Waals surface area contributed by atoms with E-state index in [4.69, 9.17) is 5.73 Å². The van der Waals surface area contributed by atoms with Crippen LogP contribution in [0.1, 0.15) is 30.9 Å². The summed E-state index contributed by atoms with van der Waals surface area (Å²) in [5, 5.41) is 1.14. The van der Waals surface area contributed by atoms with Crippen molar-refractivity contribution in [2.45, 2.75) is 25.2 Å². The lowest BCUT2D eigenvalue weighted by molar-refractivity contribution is 0.414. The highest BCUT2D eigenvalue weighted by atomic mass is 79.9. The quantitative estimate of drug-likeness (QED) is 0.871. The maximum atomic E-state index is 5.75. The van der Waals surface area contributed by atoms with E-state index in [2.05, 4.69) is 32.0 Å². The van der Waals surface area contributed by atoms with Crippen LogP contribution in [-0.4, -0.2) is 9.97 Å². The molecule has 3 rings (SSSR count). The fourth-order valence-electron chi connectivity index (χ4n) is 2.14. The Morgan fingerprint density at radius 3 is 2.75 bits per heavy atom. The molecule has 0 aliphatic heterocycles. The maximum Gasteiger partial charge on any atom is 0.220 e. The number of anilines is 1. The van der Waals surface area contributed by atoms with Crippen LogP contribution in [0.3, 0.4) is 0 Å². The van der Waals surface area contributed by atoms with Gasteiger partial charge in [0.25, 0.3) is 0 Å². The minimum absolute atomic E-state index is 0.382. The standard InChI is InChI=1S/C12H12BrN3/c13-8-4-5-9-10(6-8)15-12(14)16-11(9)7-2-1-3-7/h4-7H,1-3H2,(H2,14,15,16). The van der Waals surface area contributed by atoms with E-state index < -0.39 is 0 Å². The van der Waals surface area contributed by atoms with Crippen LogP contribution in [0.25, 0.3) is 10.9 Å². The smallest absolute Gasteiger partial charge is 0.220 e. The van der Waals surface area contributed by atoms with E-state index in [1.54, 1.807) is 0 Å². The highest BCUT2D eigenvalue weighted by Gasteiger charge is 2.23. The van der Waals surface area contributed by atoms with Gasteiger partial charge in [-0.05, 0) is 31.0 Å². The molecular weight excluding hydrogens is 266 g/mol. The van der Waals surface area contributed by atoms with Crippen molar-refractivity contribution in [2.24, 2.45) is 0 Å². The summed E-state index contributed by atoms with van der Waals surface area (Å²) in [5.41, 5.74) is 7.81. The molecule has 0 radical (unpaired) electrons. The van der Waals surface area contributed by atoms with E-state index in [-0.39, 0.29) is 0 Å². The molecule has 0 unspecified atom stereocenters. The predicted octanol–water partition coefficient (Wildman–Crippen LogP) is 3.24. The SMILES string of the molecule is Nc1nc(C2CCC2)c2ccc(Br)cc2n1. The summed E-state index contributed by atoms with van der Waals surface area (Å²) in [4.78, 5) is 8.68. The molecule has 1 aromatic carbocycles. The van der Waals surface area contributed by atoms with Crippen LogP contribution in [0.4, 0.5) is 5.95 Å². The highest BCUT2D eigenvalue weighted by Crippen LogP contribution is 2.38. The van der Waals surface area contributed by atoms with E-state index in [1.807, 2.05) is 12.1 Å². The van der Waals surface area contributed by atoms with Crippen molar-refractivity contribution in [3.8, 4) is 0 Å². The van der Waals surface area contributed by atoms with Gasteiger partial charge in [0.15, 0.2) is 0 Å². The van der Waals surface area contributed by atoms with Gasteiger partial charge in [-0.25, -0.2) is 9.97 Å². The Labute approximate surface area is 102 Å². The van der Waals surface area contributed by atoms with Gasteiger partial charge in [0.1, 0.15) is 0 Å². The van der Waals surface area contributed by atoms with Crippen LogP contribution in [0.2, 0.25) is 0 Å². The summed E-state index contributed by atoms with van der Waals surface area (Å²) in [7, 11) is 0. The molecule has 16 heavy (non-hydrogen) atoms. The number of aromatic nitrogens is 2. The zero-order chi connectivity index (χ0) is 11.1. The lowest BCUT2D eigenvalue weighted by atomic mass is 9.81. The molecule has 2 aromatic rings. The largest absolute Gasteiger partial charge is 0.368 e. The van der Waals surface area contributed by atoms with Crippen molar-refractivity contribution in [2.75, 3.05) is 5.73 Å². The van der Waals surface area contributed by atoms with Crippen molar-refractivity contribution in [1.29, 1.82) is 0 Å². The predicted molar refractivity (Wildman–Crippen MR) is 68.2 cm³/mol. The molecule has 1 heterocycles. The van der Waals surface area contributed by atoms with Gasteiger partial charge in [-0.3, -0.25) is 0 Å². The lowest BCUT2D eigenvalue weighted by Crippen LogP contribution is -2.13. The van der Waals surface area contributed by atoms with Crippen LogP contribution >= 0.6 is 15.9 Å². The topological polar surface area (TPSA) is 51.8 Å².